The summed E-state index contributed by atoms with van der Waals surface area (Å²) in [7, 11) is 0. The molecule has 0 rings (SSSR count). The van der Waals surface area contributed by atoms with Gasteiger partial charge >= 0.3 is 71.8 Å². The molecule has 0 amide bonds. The quantitative estimate of drug-likeness (QED) is 0.0349. The number of ether oxygens (including phenoxy) is 3. The Morgan fingerprint density at radius 1 is 0.276 bits per heavy atom. The van der Waals surface area contributed by atoms with Crippen molar-refractivity contribution in [2.45, 2.75) is 246 Å². The minimum absolute atomic E-state index is 0.00581. The molecule has 0 bridgehead atoms. The predicted molar refractivity (Wildman–Crippen MR) is 210 cm³/mol. The third-order valence-electron chi connectivity index (χ3n) is 11.8. The molecule has 3 nitrogen and oxygen atoms in total. The third kappa shape index (κ3) is 16.9. The molecule has 0 N–H and O–H groups in total. The molecule has 33 heteroatoms. The van der Waals surface area contributed by atoms with Gasteiger partial charge in [0.25, 0.3) is 5.97 Å². The van der Waals surface area contributed by atoms with Crippen LogP contribution in [-0.2, 0) is 14.2 Å². The lowest BCUT2D eigenvalue weighted by Crippen LogP contribution is -2.82. The van der Waals surface area contributed by atoms with Gasteiger partial charge in [-0.05, 0) is 70.6 Å². The maximum atomic E-state index is 16.7. The summed E-state index contributed by atoms with van der Waals surface area (Å²) in [6.45, 7) is 4.92. The first-order valence-electron chi connectivity index (χ1n) is 23.5. The molecule has 0 radical (unpaired) electrons. The van der Waals surface area contributed by atoms with Crippen LogP contribution in [-0.4, -0.2) is 116 Å². The van der Waals surface area contributed by atoms with Gasteiger partial charge in [0.15, 0.2) is 23.9 Å². The zero-order valence-electron chi connectivity index (χ0n) is 40.6. The normalized spacial score (nSPS) is 17.0. The first kappa shape index (κ1) is 73.8. The average Bonchev–Trinajstić information content (AvgIpc) is 3.26. The van der Waals surface area contributed by atoms with E-state index < -0.39 is 192 Å². The second-order valence-electron chi connectivity index (χ2n) is 18.0. The van der Waals surface area contributed by atoms with Crippen molar-refractivity contribution in [3.8, 4) is 0 Å². The molecule has 0 aromatic carbocycles. The van der Waals surface area contributed by atoms with Gasteiger partial charge in [0.1, 0.15) is 0 Å². The Hall–Kier alpha value is -2.22. The van der Waals surface area contributed by atoms with Crippen LogP contribution in [0.15, 0.2) is 0 Å². The fraction of sp³-hybridized carbons (Fsp3) is 1.00. The van der Waals surface area contributed by atoms with Crippen LogP contribution in [0.2, 0.25) is 0 Å². The van der Waals surface area contributed by atoms with Crippen molar-refractivity contribution in [3.05, 3.63) is 0 Å². The van der Waals surface area contributed by atoms with E-state index in [9.17, 15) is 52.7 Å². The fourth-order valence-corrected chi connectivity index (χ4v) is 7.63. The Bertz CT molecular complexity index is 1490. The van der Waals surface area contributed by atoms with Crippen molar-refractivity contribution in [3.63, 3.8) is 0 Å². The minimum Gasteiger partial charge on any atom is -0.327 e. The molecule has 0 aliphatic carbocycles. The van der Waals surface area contributed by atoms with Crippen LogP contribution in [0.3, 0.4) is 0 Å². The van der Waals surface area contributed by atoms with Gasteiger partial charge in [0.05, 0.1) is 19.8 Å². The van der Waals surface area contributed by atoms with Crippen molar-refractivity contribution >= 4 is 0 Å². The van der Waals surface area contributed by atoms with Gasteiger partial charge in [-0.1, -0.05) is 52.9 Å². The zero-order chi connectivity index (χ0) is 60.1. The summed E-state index contributed by atoms with van der Waals surface area (Å²) >= 11 is 0. The van der Waals surface area contributed by atoms with Gasteiger partial charge in [0.2, 0.25) is 0 Å². The van der Waals surface area contributed by atoms with E-state index in [1.54, 1.807) is 20.8 Å². The second-order valence-corrected chi connectivity index (χ2v) is 18.0. The van der Waals surface area contributed by atoms with E-state index >= 15 is 79.0 Å². The lowest BCUT2D eigenvalue weighted by atomic mass is 9.59. The van der Waals surface area contributed by atoms with Gasteiger partial charge in [-0.2, -0.15) is 119 Å². The third-order valence-corrected chi connectivity index (χ3v) is 11.8. The summed E-state index contributed by atoms with van der Waals surface area (Å²) in [5, 5.41) is 0. The first-order valence-corrected chi connectivity index (χ1v) is 23.5. The van der Waals surface area contributed by atoms with Crippen molar-refractivity contribution < 1.29 is 146 Å². The van der Waals surface area contributed by atoms with Crippen molar-refractivity contribution in [2.24, 2.45) is 5.41 Å². The van der Waals surface area contributed by atoms with Crippen molar-refractivity contribution in [1.29, 1.82) is 0 Å². The zero-order valence-corrected chi connectivity index (χ0v) is 40.6. The molecule has 0 spiro atoms. The molecular weight excluding hydrogens is 1130 g/mol. The topological polar surface area (TPSA) is 27.7 Å². The van der Waals surface area contributed by atoms with Gasteiger partial charge in [-0.25, -0.2) is 13.2 Å². The highest BCUT2D eigenvalue weighted by Crippen LogP contribution is 2.74. The predicted octanol–water partition coefficient (Wildman–Crippen LogP) is 19.0. The molecule has 0 saturated carbocycles. The largest absolute Gasteiger partial charge is 0.389 e. The molecule has 0 fully saturated rings. The lowest BCUT2D eigenvalue weighted by Gasteiger charge is -2.55. The van der Waals surface area contributed by atoms with Crippen molar-refractivity contribution in [2.75, 3.05) is 19.8 Å². The van der Waals surface area contributed by atoms with Crippen LogP contribution in [0.5, 0.6) is 0 Å². The monoisotopic (exact) mass is 1190 g/mol. The fourth-order valence-electron chi connectivity index (χ4n) is 7.63. The Kier molecular flexibility index (Phi) is 26.7. The van der Waals surface area contributed by atoms with Gasteiger partial charge in [-0.15, -0.1) is 0 Å². The van der Waals surface area contributed by atoms with E-state index in [1.165, 1.54) is 0 Å². The van der Waals surface area contributed by atoms with E-state index in [-0.39, 0.29) is 39.1 Å². The number of hydrogen-bond acceptors (Lipinski definition) is 3. The van der Waals surface area contributed by atoms with E-state index in [2.05, 4.69) is 0 Å². The molecule has 76 heavy (non-hydrogen) atoms. The minimum atomic E-state index is -9.31. The Morgan fingerprint density at radius 2 is 0.500 bits per heavy atom. The standard InChI is InChI=1S/C43H58F30O3/c1-4-24-74-34(75-25-5-2,76-26-6-3)23-12-10-8-7-9-11-19-30(38(62,63)41(68,69)35(56,57)27(44)16-13-20-31(47,48)49,39(64,65)42(70,71)36(58,59)28(45)17-14-21-32(50,51)52)40(66,67)43(72,73)37(60,61)29(46)18-15-22-33(53,54)55/h27-29H,4-26H2,1-3H3. The summed E-state index contributed by atoms with van der Waals surface area (Å²) in [6.07, 6.45) is -65.3. The van der Waals surface area contributed by atoms with Crippen LogP contribution in [0, 0.1) is 5.41 Å². The molecule has 3 unspecified atom stereocenters. The molecule has 0 heterocycles. The molecule has 458 valence electrons. The second kappa shape index (κ2) is 27.5. The van der Waals surface area contributed by atoms with E-state index in [0.29, 0.717) is 19.3 Å². The highest BCUT2D eigenvalue weighted by Gasteiger charge is 2.99. The van der Waals surface area contributed by atoms with Gasteiger partial charge in [-0.3, -0.25) is 0 Å². The van der Waals surface area contributed by atoms with E-state index in [1.807, 2.05) is 0 Å². The first-order chi connectivity index (χ1) is 34.0. The Morgan fingerprint density at radius 3 is 0.724 bits per heavy atom. The lowest BCUT2D eigenvalue weighted by molar-refractivity contribution is -0.482. The van der Waals surface area contributed by atoms with Crippen LogP contribution in [0.25, 0.3) is 0 Å². The highest BCUT2D eigenvalue weighted by molar-refractivity contribution is 5.25. The number of halogens is 30. The Labute approximate surface area is 416 Å². The van der Waals surface area contributed by atoms with E-state index in [4.69, 9.17) is 14.2 Å². The summed E-state index contributed by atoms with van der Waals surface area (Å²) in [5.41, 5.74) is -8.84. The summed E-state index contributed by atoms with van der Waals surface area (Å²) in [6, 6.07) is 0. The number of unbranched alkanes of at least 4 members (excludes halogenated alkanes) is 5. The summed E-state index contributed by atoms with van der Waals surface area (Å²) in [4.78, 5) is 0. The van der Waals surface area contributed by atoms with Crippen LogP contribution < -0.4 is 0 Å². The maximum Gasteiger partial charge on any atom is 0.389 e. The SMILES string of the molecule is CCCOC(CCCCCCCCC(C(F)(F)C(F)(F)C(F)(F)C(F)CCCC(F)(F)F)(C(F)(F)C(F)(F)C(F)(F)C(F)CCCC(F)(F)F)C(F)(F)C(F)(F)C(F)(F)C(F)CCCC(F)(F)F)(OCCC)OCCC. The van der Waals surface area contributed by atoms with Gasteiger partial charge < -0.3 is 14.2 Å². The van der Waals surface area contributed by atoms with Crippen LogP contribution >= 0.6 is 0 Å². The molecule has 0 aliphatic rings. The van der Waals surface area contributed by atoms with Crippen molar-refractivity contribution in [1.82, 2.24) is 0 Å². The summed E-state index contributed by atoms with van der Waals surface area (Å²) in [5.74, 6) is -80.3. The number of alkyl halides is 30. The molecule has 3 atom stereocenters. The van der Waals surface area contributed by atoms with Crippen LogP contribution in [0.1, 0.15) is 149 Å². The smallest absolute Gasteiger partial charge is 0.327 e. The number of hydrogen-bond donors (Lipinski definition) is 0. The molecule has 0 aromatic rings. The molecular formula is C43H58F30O3. The maximum absolute atomic E-state index is 16.7. The molecule has 0 aromatic heterocycles. The van der Waals surface area contributed by atoms with Crippen LogP contribution in [0.4, 0.5) is 132 Å². The molecule has 0 aliphatic heterocycles. The van der Waals surface area contributed by atoms with E-state index in [0.717, 1.165) is 0 Å². The number of rotatable bonds is 39. The van der Waals surface area contributed by atoms with Gasteiger partial charge in [0, 0.05) is 25.7 Å². The Balaban J connectivity index is 8.44. The average molecular weight is 1190 g/mol. The highest BCUT2D eigenvalue weighted by atomic mass is 19.4. The summed E-state index contributed by atoms with van der Waals surface area (Å²) < 4.78 is 462. The molecule has 0 saturated heterocycles.